The van der Waals surface area contributed by atoms with Gasteiger partial charge >= 0.3 is 5.69 Å². The zero-order chi connectivity index (χ0) is 22.3. The summed E-state index contributed by atoms with van der Waals surface area (Å²) in [5, 5.41) is 18.1. The van der Waals surface area contributed by atoms with Crippen molar-refractivity contribution in [3.63, 3.8) is 0 Å². The molecule has 1 aromatic carbocycles. The quantitative estimate of drug-likeness (QED) is 0.504. The number of nitrogens with one attached hydrogen (secondary N) is 1. The number of rotatable bonds is 7. The number of ether oxygens (including phenoxy) is 1. The third-order valence-electron chi connectivity index (χ3n) is 7.16. The van der Waals surface area contributed by atoms with E-state index >= 15 is 0 Å². The fourth-order valence-electron chi connectivity index (χ4n) is 6.31. The normalized spacial score (nSPS) is 28.2. The Morgan fingerprint density at radius 3 is 2.41 bits per heavy atom. The van der Waals surface area contributed by atoms with Crippen LogP contribution in [0.15, 0.2) is 28.8 Å². The minimum Gasteiger partial charge on any atom is -0.484 e. The summed E-state index contributed by atoms with van der Waals surface area (Å²) in [6.07, 6.45) is 10.6. The average molecular weight is 437 g/mol. The fourth-order valence-corrected chi connectivity index (χ4v) is 6.31. The van der Waals surface area contributed by atoms with Gasteiger partial charge in [0.05, 0.1) is 4.92 Å². The minimum absolute atomic E-state index is 0.000469. The van der Waals surface area contributed by atoms with Gasteiger partial charge in [0.15, 0.2) is 12.3 Å². The minimum atomic E-state index is -0.503. The van der Waals surface area contributed by atoms with E-state index in [0.717, 1.165) is 42.6 Å². The molecule has 4 aliphatic rings. The van der Waals surface area contributed by atoms with Crippen molar-refractivity contribution < 1.29 is 19.0 Å². The van der Waals surface area contributed by atoms with Crippen molar-refractivity contribution in [2.75, 3.05) is 6.61 Å². The lowest BCUT2D eigenvalue weighted by Gasteiger charge is -2.56. The predicted octanol–water partition coefficient (Wildman–Crippen LogP) is 4.53. The first-order valence-electron chi connectivity index (χ1n) is 11.2. The zero-order valence-electron chi connectivity index (χ0n) is 18.1. The number of amides is 1. The lowest BCUT2D eigenvalue weighted by molar-refractivity contribution is -0.386. The molecule has 1 aromatic heterocycles. The van der Waals surface area contributed by atoms with Crippen molar-refractivity contribution in [2.24, 2.45) is 17.8 Å². The number of carbonyl (C=O) groups excluding carboxylic acids is 1. The summed E-state index contributed by atoms with van der Waals surface area (Å²) in [5.74, 6) is 3.00. The molecule has 168 valence electrons. The van der Waals surface area contributed by atoms with Crippen LogP contribution in [-0.4, -0.2) is 28.1 Å². The highest BCUT2D eigenvalue weighted by atomic mass is 16.6. The molecule has 0 radical (unpaired) electrons. The largest absolute Gasteiger partial charge is 0.484 e. The summed E-state index contributed by atoms with van der Waals surface area (Å²) in [4.78, 5) is 23.2. The van der Waals surface area contributed by atoms with Crippen molar-refractivity contribution in [2.45, 2.75) is 51.0 Å². The molecule has 0 saturated heterocycles. The first kappa shape index (κ1) is 20.7. The predicted molar refractivity (Wildman–Crippen MR) is 118 cm³/mol. The Morgan fingerprint density at radius 1 is 1.19 bits per heavy atom. The van der Waals surface area contributed by atoms with E-state index in [0.29, 0.717) is 5.75 Å². The second-order valence-electron chi connectivity index (χ2n) is 9.68. The van der Waals surface area contributed by atoms with Gasteiger partial charge in [-0.05, 0) is 87.0 Å². The molecule has 32 heavy (non-hydrogen) atoms. The maximum absolute atomic E-state index is 12.6. The standard InChI is InChI=1S/C24H27N3O5/c1-15-23(27(29)30)21(32-26-15)7-4-16-2-5-20(6-3-16)31-14-22(28)25-24-11-17-8-18(12-24)10-19(9-17)13-24/h2-7,17-19H,8-14H2,1H3,(H,25,28)/b7-4+. The molecular formula is C24H27N3O5. The van der Waals surface area contributed by atoms with Crippen LogP contribution in [0.5, 0.6) is 5.75 Å². The van der Waals surface area contributed by atoms with Gasteiger partial charge in [-0.2, -0.15) is 0 Å². The van der Waals surface area contributed by atoms with Gasteiger partial charge in [-0.3, -0.25) is 14.9 Å². The average Bonchev–Trinajstić information content (AvgIpc) is 3.11. The molecule has 1 heterocycles. The van der Waals surface area contributed by atoms with Crippen LogP contribution in [0.1, 0.15) is 55.5 Å². The van der Waals surface area contributed by atoms with Gasteiger partial charge in [-0.1, -0.05) is 23.4 Å². The van der Waals surface area contributed by atoms with E-state index in [9.17, 15) is 14.9 Å². The summed E-state index contributed by atoms with van der Waals surface area (Å²) in [6, 6.07) is 7.19. The highest BCUT2D eigenvalue weighted by molar-refractivity contribution is 5.78. The topological polar surface area (TPSA) is 108 Å². The highest BCUT2D eigenvalue weighted by Crippen LogP contribution is 2.55. The van der Waals surface area contributed by atoms with Crippen LogP contribution in [0.2, 0.25) is 0 Å². The number of carbonyl (C=O) groups is 1. The van der Waals surface area contributed by atoms with E-state index in [1.807, 2.05) is 12.1 Å². The lowest BCUT2D eigenvalue weighted by Crippen LogP contribution is -2.60. The van der Waals surface area contributed by atoms with E-state index in [1.54, 1.807) is 18.2 Å². The number of aromatic nitrogens is 1. The molecule has 4 bridgehead atoms. The maximum atomic E-state index is 12.6. The third kappa shape index (κ3) is 4.13. The van der Waals surface area contributed by atoms with Crippen LogP contribution in [0.3, 0.4) is 0 Å². The molecular weight excluding hydrogens is 410 g/mol. The Morgan fingerprint density at radius 2 is 1.81 bits per heavy atom. The first-order chi connectivity index (χ1) is 15.4. The van der Waals surface area contributed by atoms with Crippen molar-refractivity contribution in [3.05, 3.63) is 51.4 Å². The molecule has 2 aromatic rings. The molecule has 4 saturated carbocycles. The monoisotopic (exact) mass is 437 g/mol. The molecule has 8 nitrogen and oxygen atoms in total. The molecule has 1 amide bonds. The Hall–Kier alpha value is -3.16. The van der Waals surface area contributed by atoms with Crippen LogP contribution in [0.4, 0.5) is 5.69 Å². The van der Waals surface area contributed by atoms with Crippen LogP contribution in [0, 0.1) is 34.8 Å². The third-order valence-corrected chi connectivity index (χ3v) is 7.16. The number of nitrogens with zero attached hydrogens (tertiary/aromatic N) is 2. The summed E-state index contributed by atoms with van der Waals surface area (Å²) >= 11 is 0. The Bertz CT molecular complexity index is 1020. The second kappa shape index (κ2) is 8.07. The molecule has 1 N–H and O–H groups in total. The van der Waals surface area contributed by atoms with Crippen LogP contribution in [-0.2, 0) is 4.79 Å². The number of hydrogen-bond acceptors (Lipinski definition) is 6. The number of nitro groups is 1. The second-order valence-corrected chi connectivity index (χ2v) is 9.68. The van der Waals surface area contributed by atoms with E-state index in [4.69, 9.17) is 9.26 Å². The van der Waals surface area contributed by atoms with Crippen molar-refractivity contribution in [1.29, 1.82) is 0 Å². The SMILES string of the molecule is Cc1noc(/C=C/c2ccc(OCC(=O)NC34CC5CC(CC(C5)C3)C4)cc2)c1[N+](=O)[O-]. The highest BCUT2D eigenvalue weighted by Gasteiger charge is 2.51. The lowest BCUT2D eigenvalue weighted by atomic mass is 9.53. The fraction of sp³-hybridized carbons (Fsp3) is 0.500. The van der Waals surface area contributed by atoms with Gasteiger partial charge in [0.25, 0.3) is 5.91 Å². The van der Waals surface area contributed by atoms with Crippen molar-refractivity contribution in [1.82, 2.24) is 10.5 Å². The summed E-state index contributed by atoms with van der Waals surface area (Å²) in [7, 11) is 0. The zero-order valence-corrected chi connectivity index (χ0v) is 18.1. The maximum Gasteiger partial charge on any atom is 0.338 e. The summed E-state index contributed by atoms with van der Waals surface area (Å²) in [5.41, 5.74) is 0.918. The Kier molecular flexibility index (Phi) is 5.23. The molecule has 8 heteroatoms. The van der Waals surface area contributed by atoms with Gasteiger partial charge < -0.3 is 14.6 Å². The van der Waals surface area contributed by atoms with Gasteiger partial charge in [0, 0.05) is 5.54 Å². The van der Waals surface area contributed by atoms with Gasteiger partial charge in [0.2, 0.25) is 5.76 Å². The van der Waals surface area contributed by atoms with Crippen molar-refractivity contribution in [3.8, 4) is 5.75 Å². The molecule has 0 spiro atoms. The number of aryl methyl sites for hydroxylation is 1. The molecule has 0 atom stereocenters. The van der Waals surface area contributed by atoms with E-state index < -0.39 is 4.92 Å². The van der Waals surface area contributed by atoms with E-state index in [2.05, 4.69) is 10.5 Å². The Labute approximate surface area is 186 Å². The molecule has 4 fully saturated rings. The number of benzene rings is 1. The molecule has 0 unspecified atom stereocenters. The van der Waals surface area contributed by atoms with Crippen LogP contribution < -0.4 is 10.1 Å². The summed E-state index contributed by atoms with van der Waals surface area (Å²) < 4.78 is 10.7. The van der Waals surface area contributed by atoms with E-state index in [-0.39, 0.29) is 35.2 Å². The van der Waals surface area contributed by atoms with Crippen LogP contribution >= 0.6 is 0 Å². The molecule has 6 rings (SSSR count). The van der Waals surface area contributed by atoms with E-state index in [1.165, 1.54) is 32.3 Å². The van der Waals surface area contributed by atoms with Gasteiger partial charge in [-0.25, -0.2) is 0 Å². The molecule has 4 aliphatic carbocycles. The Balaban J connectivity index is 1.15. The van der Waals surface area contributed by atoms with Gasteiger partial charge in [0.1, 0.15) is 5.75 Å². The number of hydrogen-bond donors (Lipinski definition) is 1. The summed E-state index contributed by atoms with van der Waals surface area (Å²) in [6.45, 7) is 1.53. The smallest absolute Gasteiger partial charge is 0.338 e. The molecule has 0 aliphatic heterocycles. The van der Waals surface area contributed by atoms with Crippen molar-refractivity contribution >= 4 is 23.7 Å². The first-order valence-corrected chi connectivity index (χ1v) is 11.2. The van der Waals surface area contributed by atoms with Crippen LogP contribution in [0.25, 0.3) is 12.2 Å². The van der Waals surface area contributed by atoms with Gasteiger partial charge in [-0.15, -0.1) is 0 Å².